The van der Waals surface area contributed by atoms with Crippen LogP contribution >= 0.6 is 0 Å². The number of carbonyl (C=O) groups is 1. The number of fused-ring (bicyclic) bond motifs is 4. The number of hydrogen-bond acceptors (Lipinski definition) is 4. The molecule has 1 N–H and O–H groups in total. The van der Waals surface area contributed by atoms with Gasteiger partial charge in [-0.25, -0.2) is 0 Å². The molecule has 0 radical (unpaired) electrons. The molecule has 134 valence electrons. The van der Waals surface area contributed by atoms with Crippen LogP contribution in [0.2, 0.25) is 0 Å². The number of nitrogens with one attached hydrogen (secondary N) is 1. The van der Waals surface area contributed by atoms with E-state index in [1.54, 1.807) is 12.3 Å². The van der Waals surface area contributed by atoms with Crippen LogP contribution < -0.4 is 5.32 Å². The molecule has 0 aliphatic carbocycles. The van der Waals surface area contributed by atoms with Gasteiger partial charge in [-0.1, -0.05) is 0 Å². The lowest BCUT2D eigenvalue weighted by atomic mass is 9.79. The van der Waals surface area contributed by atoms with E-state index in [2.05, 4.69) is 22.1 Å². The fourth-order valence-corrected chi connectivity index (χ4v) is 4.42. The smallest absolute Gasteiger partial charge is 0.270 e. The predicted molar refractivity (Wildman–Crippen MR) is 98.3 cm³/mol. The van der Waals surface area contributed by atoms with Crippen molar-refractivity contribution in [3.63, 3.8) is 0 Å². The fraction of sp³-hybridized carbons (Fsp3) is 0.400. The van der Waals surface area contributed by atoms with E-state index in [-0.39, 0.29) is 11.9 Å². The summed E-state index contributed by atoms with van der Waals surface area (Å²) in [5, 5.41) is 4.12. The maximum Gasteiger partial charge on any atom is 0.270 e. The van der Waals surface area contributed by atoms with Gasteiger partial charge in [0.05, 0.1) is 0 Å². The number of amides is 1. The second-order valence-electron chi connectivity index (χ2n) is 7.40. The lowest BCUT2D eigenvalue weighted by Crippen LogP contribution is -2.62. The summed E-state index contributed by atoms with van der Waals surface area (Å²) in [5.41, 5.74) is 1.09. The Morgan fingerprint density at radius 2 is 2.00 bits per heavy atom. The summed E-state index contributed by atoms with van der Waals surface area (Å²) < 4.78 is 7.80. The van der Waals surface area contributed by atoms with Crippen LogP contribution in [0.15, 0.2) is 47.3 Å². The third kappa shape index (κ3) is 2.52. The van der Waals surface area contributed by atoms with Crippen molar-refractivity contribution in [2.45, 2.75) is 31.8 Å². The molecule has 2 unspecified atom stereocenters. The summed E-state index contributed by atoms with van der Waals surface area (Å²) in [4.78, 5) is 19.6. The lowest BCUT2D eigenvalue weighted by molar-refractivity contribution is 0.0216. The molecule has 3 aromatic rings. The van der Waals surface area contributed by atoms with Crippen LogP contribution in [0.3, 0.4) is 0 Å². The Hall–Kier alpha value is -2.60. The topological polar surface area (TPSA) is 63.3 Å². The Balaban J connectivity index is 1.39. The van der Waals surface area contributed by atoms with Crippen molar-refractivity contribution in [3.8, 4) is 5.88 Å². The van der Waals surface area contributed by atoms with Crippen molar-refractivity contribution in [2.24, 2.45) is 5.92 Å². The van der Waals surface area contributed by atoms with Crippen LogP contribution in [0.4, 0.5) is 0 Å². The number of hydrogen-bond donors (Lipinski definition) is 1. The number of furan rings is 1. The molecule has 2 atom stereocenters. The Bertz CT molecular complexity index is 936. The van der Waals surface area contributed by atoms with Crippen molar-refractivity contribution >= 4 is 16.9 Å². The normalized spacial score (nSPS) is 27.7. The van der Waals surface area contributed by atoms with E-state index in [1.165, 1.54) is 12.8 Å². The number of carbonyl (C=O) groups excluding carboxylic acids is 1. The summed E-state index contributed by atoms with van der Waals surface area (Å²) in [7, 11) is 0. The molecule has 0 spiro atoms. The molecule has 6 heterocycles. The van der Waals surface area contributed by atoms with E-state index >= 15 is 0 Å². The van der Waals surface area contributed by atoms with Crippen molar-refractivity contribution in [1.82, 2.24) is 19.8 Å². The minimum Gasteiger partial charge on any atom is -0.440 e. The third-order valence-electron chi connectivity index (χ3n) is 5.96. The van der Waals surface area contributed by atoms with Gasteiger partial charge in [-0.2, -0.15) is 0 Å². The number of aromatic nitrogens is 2. The van der Waals surface area contributed by atoms with Gasteiger partial charge >= 0.3 is 0 Å². The maximum absolute atomic E-state index is 12.8. The summed E-state index contributed by atoms with van der Waals surface area (Å²) in [6.07, 6.45) is 7.89. The minimum atomic E-state index is -0.114. The molecular formula is C20H22N4O2. The number of piperidine rings is 3. The molecule has 1 amide bonds. The first-order valence-electron chi connectivity index (χ1n) is 9.27. The van der Waals surface area contributed by atoms with Crippen LogP contribution in [0.5, 0.6) is 0 Å². The molecule has 6 rings (SSSR count). The first-order valence-corrected chi connectivity index (χ1v) is 9.27. The predicted octanol–water partition coefficient (Wildman–Crippen LogP) is 2.83. The van der Waals surface area contributed by atoms with E-state index in [4.69, 9.17) is 4.42 Å². The number of pyridine rings is 1. The van der Waals surface area contributed by atoms with Gasteiger partial charge in [0.1, 0.15) is 11.3 Å². The highest BCUT2D eigenvalue weighted by atomic mass is 16.4. The van der Waals surface area contributed by atoms with Crippen molar-refractivity contribution in [3.05, 3.63) is 48.5 Å². The van der Waals surface area contributed by atoms with Crippen LogP contribution in [0, 0.1) is 5.92 Å². The maximum atomic E-state index is 12.8. The number of nitrogens with zero attached hydrogens (tertiary/aromatic N) is 3. The Kier molecular flexibility index (Phi) is 3.60. The van der Waals surface area contributed by atoms with Crippen molar-refractivity contribution in [2.75, 3.05) is 13.1 Å². The quantitative estimate of drug-likeness (QED) is 0.789. The molecular weight excluding hydrogens is 328 g/mol. The Morgan fingerprint density at radius 1 is 1.23 bits per heavy atom. The van der Waals surface area contributed by atoms with Gasteiger partial charge in [0.15, 0.2) is 0 Å². The minimum absolute atomic E-state index is 0.114. The van der Waals surface area contributed by atoms with Gasteiger partial charge in [0.2, 0.25) is 5.88 Å². The van der Waals surface area contributed by atoms with Crippen LogP contribution in [0.25, 0.3) is 16.9 Å². The molecule has 3 fully saturated rings. The van der Waals surface area contributed by atoms with Gasteiger partial charge < -0.3 is 9.73 Å². The van der Waals surface area contributed by atoms with E-state index < -0.39 is 0 Å². The molecule has 3 aliphatic rings. The Morgan fingerprint density at radius 3 is 2.73 bits per heavy atom. The first-order chi connectivity index (χ1) is 12.7. The zero-order chi connectivity index (χ0) is 17.7. The summed E-state index contributed by atoms with van der Waals surface area (Å²) >= 11 is 0. The lowest BCUT2D eigenvalue weighted by Gasteiger charge is -2.49. The molecule has 3 aromatic heterocycles. The monoisotopic (exact) mass is 350 g/mol. The van der Waals surface area contributed by atoms with Crippen LogP contribution in [-0.4, -0.2) is 45.5 Å². The summed E-state index contributed by atoms with van der Waals surface area (Å²) in [6.45, 7) is 4.51. The molecule has 0 aromatic carbocycles. The van der Waals surface area contributed by atoms with Gasteiger partial charge in [-0.15, -0.1) is 0 Å². The fourth-order valence-electron chi connectivity index (χ4n) is 4.42. The second kappa shape index (κ2) is 5.99. The van der Waals surface area contributed by atoms with Crippen molar-refractivity contribution < 1.29 is 9.21 Å². The molecule has 0 saturated carbocycles. The third-order valence-corrected chi connectivity index (χ3v) is 5.96. The molecule has 6 heteroatoms. The summed E-state index contributed by atoms with van der Waals surface area (Å²) in [5.74, 6) is 1.18. The zero-order valence-corrected chi connectivity index (χ0v) is 14.8. The van der Waals surface area contributed by atoms with Crippen LogP contribution in [-0.2, 0) is 0 Å². The van der Waals surface area contributed by atoms with E-state index in [0.717, 1.165) is 24.4 Å². The van der Waals surface area contributed by atoms with Crippen LogP contribution in [0.1, 0.15) is 30.3 Å². The highest BCUT2D eigenvalue weighted by Crippen LogP contribution is 2.32. The first kappa shape index (κ1) is 15.6. The number of rotatable bonds is 3. The molecule has 2 bridgehead atoms. The van der Waals surface area contributed by atoms with E-state index in [0.29, 0.717) is 23.2 Å². The summed E-state index contributed by atoms with van der Waals surface area (Å²) in [6, 6.07) is 8.15. The molecule has 3 saturated heterocycles. The van der Waals surface area contributed by atoms with Crippen molar-refractivity contribution in [1.29, 1.82) is 0 Å². The van der Waals surface area contributed by atoms with E-state index in [9.17, 15) is 4.79 Å². The van der Waals surface area contributed by atoms with Gasteiger partial charge in [0, 0.05) is 48.2 Å². The molecule has 3 aliphatic heterocycles. The second-order valence-corrected chi connectivity index (χ2v) is 7.40. The average Bonchev–Trinajstić information content (AvgIpc) is 3.33. The molecule has 6 nitrogen and oxygen atoms in total. The van der Waals surface area contributed by atoms with Gasteiger partial charge in [-0.05, 0) is 50.9 Å². The van der Waals surface area contributed by atoms with Gasteiger partial charge in [0.25, 0.3) is 5.91 Å². The standard InChI is InChI=1S/C20H22N4O2/c1-13-19(14-4-8-23(13)9-5-14)22-20(25)16-11-17-15(12-21-16)10-18(26-17)24-6-2-3-7-24/h2-3,6-7,10-14,19H,4-5,8-9H2,1H3,(H,22,25). The SMILES string of the molecule is CC1C(NC(=O)c2cc3oc(-n4cccc4)cc3cn2)C2CCN1CC2. The highest BCUT2D eigenvalue weighted by Gasteiger charge is 2.40. The van der Waals surface area contributed by atoms with E-state index in [1.807, 2.05) is 35.2 Å². The Labute approximate surface area is 151 Å². The molecule has 26 heavy (non-hydrogen) atoms. The zero-order valence-electron chi connectivity index (χ0n) is 14.8. The average molecular weight is 350 g/mol. The van der Waals surface area contributed by atoms with Gasteiger partial charge in [-0.3, -0.25) is 19.2 Å². The largest absolute Gasteiger partial charge is 0.440 e. The highest BCUT2D eigenvalue weighted by molar-refractivity contribution is 5.95.